The lowest BCUT2D eigenvalue weighted by Gasteiger charge is -2.45. The molecule has 3 heterocycles. The van der Waals surface area contributed by atoms with Crippen LogP contribution in [0.4, 0.5) is 0 Å². The van der Waals surface area contributed by atoms with Crippen LogP contribution in [0.2, 0.25) is 0 Å². The van der Waals surface area contributed by atoms with Gasteiger partial charge in [-0.2, -0.15) is 0 Å². The van der Waals surface area contributed by atoms with Crippen molar-refractivity contribution in [2.75, 3.05) is 0 Å². The zero-order chi connectivity index (χ0) is 30.6. The molecule has 3 saturated heterocycles. The average molecular weight is 564 g/mol. The third kappa shape index (κ3) is 19.1. The van der Waals surface area contributed by atoms with Crippen molar-refractivity contribution in [3.8, 4) is 0 Å². The first-order chi connectivity index (χ1) is 16.4. The monoisotopic (exact) mass is 563 g/mol. The molecule has 3 aliphatic heterocycles. The van der Waals surface area contributed by atoms with E-state index in [4.69, 9.17) is 19.2 Å². The molecule has 0 spiro atoms. The fraction of sp³-hybridized carbons (Fsp3) is 1.00. The normalized spacial score (nSPS) is 27.8. The van der Waals surface area contributed by atoms with Crippen LogP contribution in [-0.4, -0.2) is 47.9 Å². The van der Waals surface area contributed by atoms with Crippen molar-refractivity contribution in [2.45, 2.75) is 176 Å². The molecule has 6 N–H and O–H groups in total. The summed E-state index contributed by atoms with van der Waals surface area (Å²) in [5.41, 5.74) is 2.01. The van der Waals surface area contributed by atoms with Crippen LogP contribution in [-0.2, 0) is 4.57 Å². The zero-order valence-corrected chi connectivity index (χ0v) is 28.6. The molecular formula is C30H66N3O4P. The van der Waals surface area contributed by atoms with Crippen molar-refractivity contribution in [1.82, 2.24) is 16.0 Å². The molecule has 0 aromatic carbocycles. The maximum atomic E-state index is 8.88. The fourth-order valence-corrected chi connectivity index (χ4v) is 8.50. The van der Waals surface area contributed by atoms with Crippen LogP contribution in [0.25, 0.3) is 0 Å². The van der Waals surface area contributed by atoms with Gasteiger partial charge in [-0.1, -0.05) is 20.8 Å². The van der Waals surface area contributed by atoms with Crippen LogP contribution in [0.15, 0.2) is 0 Å². The van der Waals surface area contributed by atoms with Gasteiger partial charge >= 0.3 is 7.82 Å². The lowest BCUT2D eigenvalue weighted by molar-refractivity contribution is 0.137. The van der Waals surface area contributed by atoms with E-state index < -0.39 is 7.82 Å². The predicted molar refractivity (Wildman–Crippen MR) is 163 cm³/mol. The summed E-state index contributed by atoms with van der Waals surface area (Å²) in [5, 5.41) is 11.0. The smallest absolute Gasteiger partial charge is 0.307 e. The van der Waals surface area contributed by atoms with Gasteiger partial charge < -0.3 is 30.6 Å². The minimum Gasteiger partial charge on any atom is -0.307 e. The number of hydrogen-bond acceptors (Lipinski definition) is 4. The summed E-state index contributed by atoms with van der Waals surface area (Å²) in [6.45, 7) is 34.6. The van der Waals surface area contributed by atoms with Crippen molar-refractivity contribution >= 4 is 7.82 Å². The minimum absolute atomic E-state index is 0.334. The summed E-state index contributed by atoms with van der Waals surface area (Å²) in [5.74, 6) is 2.59. The summed E-state index contributed by atoms with van der Waals surface area (Å²) >= 11 is 0. The van der Waals surface area contributed by atoms with Crippen molar-refractivity contribution in [2.24, 2.45) is 17.8 Å². The lowest BCUT2D eigenvalue weighted by Crippen LogP contribution is -2.57. The molecule has 0 amide bonds. The summed E-state index contributed by atoms with van der Waals surface area (Å²) in [6, 6.07) is 0. The molecule has 0 radical (unpaired) electrons. The van der Waals surface area contributed by atoms with Gasteiger partial charge in [-0.3, -0.25) is 0 Å². The van der Waals surface area contributed by atoms with Crippen molar-refractivity contribution < 1.29 is 19.2 Å². The Morgan fingerprint density at radius 1 is 0.447 bits per heavy atom. The number of nitrogens with one attached hydrogen (secondary N) is 3. The van der Waals surface area contributed by atoms with Gasteiger partial charge in [0, 0.05) is 33.2 Å². The highest BCUT2D eigenvalue weighted by Crippen LogP contribution is 2.34. The van der Waals surface area contributed by atoms with Crippen LogP contribution in [0.1, 0.15) is 142 Å². The molecule has 0 aromatic heterocycles. The number of piperidine rings is 3. The van der Waals surface area contributed by atoms with Gasteiger partial charge in [0.25, 0.3) is 0 Å². The van der Waals surface area contributed by atoms with Crippen LogP contribution in [0.3, 0.4) is 0 Å². The fourth-order valence-electron chi connectivity index (χ4n) is 8.50. The molecular weight excluding hydrogens is 497 g/mol. The van der Waals surface area contributed by atoms with E-state index in [0.717, 1.165) is 17.8 Å². The van der Waals surface area contributed by atoms with E-state index >= 15 is 0 Å². The van der Waals surface area contributed by atoms with E-state index in [9.17, 15) is 0 Å². The zero-order valence-electron chi connectivity index (χ0n) is 27.7. The predicted octanol–water partition coefficient (Wildman–Crippen LogP) is 6.76. The third-order valence-corrected chi connectivity index (χ3v) is 7.18. The maximum absolute atomic E-state index is 8.88. The Morgan fingerprint density at radius 2 is 0.553 bits per heavy atom. The van der Waals surface area contributed by atoms with Gasteiger partial charge in [-0.15, -0.1) is 0 Å². The minimum atomic E-state index is -4.64. The Bertz CT molecular complexity index is 630. The summed E-state index contributed by atoms with van der Waals surface area (Å²) in [6.07, 6.45) is 7.81. The van der Waals surface area contributed by atoms with Crippen molar-refractivity contribution in [3.63, 3.8) is 0 Å². The highest BCUT2D eigenvalue weighted by atomic mass is 31.2. The van der Waals surface area contributed by atoms with E-state index in [2.05, 4.69) is 120 Å². The molecule has 38 heavy (non-hydrogen) atoms. The van der Waals surface area contributed by atoms with Gasteiger partial charge in [0.05, 0.1) is 0 Å². The van der Waals surface area contributed by atoms with E-state index in [-0.39, 0.29) is 0 Å². The maximum Gasteiger partial charge on any atom is 0.466 e. The Balaban J connectivity index is 0.000000497. The molecule has 3 fully saturated rings. The number of rotatable bonds is 0. The first-order valence-corrected chi connectivity index (χ1v) is 16.2. The van der Waals surface area contributed by atoms with E-state index in [1.54, 1.807) is 0 Å². The van der Waals surface area contributed by atoms with E-state index in [1.807, 2.05) is 0 Å². The molecule has 8 heteroatoms. The lowest BCUT2D eigenvalue weighted by atomic mass is 9.77. The van der Waals surface area contributed by atoms with Crippen molar-refractivity contribution in [3.05, 3.63) is 0 Å². The molecule has 3 rings (SSSR count). The molecule has 230 valence electrons. The summed E-state index contributed by atoms with van der Waals surface area (Å²) in [4.78, 5) is 21.6. The average Bonchev–Trinajstić information content (AvgIpc) is 2.42. The number of phosphoric acid groups is 1. The first kappa shape index (κ1) is 38.0. The van der Waals surface area contributed by atoms with E-state index in [0.29, 0.717) is 33.2 Å². The van der Waals surface area contributed by atoms with Gasteiger partial charge in [-0.05, 0) is 139 Å². The van der Waals surface area contributed by atoms with Gasteiger partial charge in [-0.25, -0.2) is 4.57 Å². The second-order valence-electron chi connectivity index (χ2n) is 16.7. The Morgan fingerprint density at radius 3 is 0.632 bits per heavy atom. The largest absolute Gasteiger partial charge is 0.466 e. The highest BCUT2D eigenvalue weighted by molar-refractivity contribution is 7.45. The topological polar surface area (TPSA) is 114 Å². The van der Waals surface area contributed by atoms with Gasteiger partial charge in [0.2, 0.25) is 0 Å². The second kappa shape index (κ2) is 13.3. The second-order valence-corrected chi connectivity index (χ2v) is 17.8. The van der Waals surface area contributed by atoms with Crippen molar-refractivity contribution in [1.29, 1.82) is 0 Å². The quantitative estimate of drug-likeness (QED) is 0.181. The van der Waals surface area contributed by atoms with Gasteiger partial charge in [0.15, 0.2) is 0 Å². The molecule has 0 bridgehead atoms. The molecule has 3 aliphatic rings. The summed E-state index contributed by atoms with van der Waals surface area (Å²) < 4.78 is 8.88. The highest BCUT2D eigenvalue weighted by Gasteiger charge is 2.37. The Hall–Kier alpha value is -0.0100. The van der Waals surface area contributed by atoms with Crippen LogP contribution >= 0.6 is 7.82 Å². The van der Waals surface area contributed by atoms with Crippen LogP contribution in [0.5, 0.6) is 0 Å². The van der Waals surface area contributed by atoms with Crippen LogP contribution in [0, 0.1) is 17.8 Å². The SMILES string of the molecule is CC1CC(C)(C)NC(C)(C)C1.CC1CC(C)(C)NC(C)(C)C1.CC1CC(C)(C)NC(C)(C)C1.O=P(O)(O)O. The Kier molecular flexibility index (Phi) is 13.3. The molecule has 0 saturated carbocycles. The molecule has 7 nitrogen and oxygen atoms in total. The number of hydrogen-bond donors (Lipinski definition) is 6. The van der Waals surface area contributed by atoms with E-state index in [1.165, 1.54) is 38.5 Å². The molecule has 0 atom stereocenters. The van der Waals surface area contributed by atoms with Gasteiger partial charge in [0.1, 0.15) is 0 Å². The standard InChI is InChI=1S/3C10H21N.H3O4P/c3*1-8-6-9(2,3)11-10(4,5)7-8;1-5(2,3)4/h3*8,11H,6-7H2,1-5H3;(H3,1,2,3,4). The summed E-state index contributed by atoms with van der Waals surface area (Å²) in [7, 11) is -4.64. The molecule has 0 aromatic rings. The van der Waals surface area contributed by atoms with Crippen LogP contribution < -0.4 is 16.0 Å². The molecule has 0 unspecified atom stereocenters. The Labute approximate surface area is 236 Å². The third-order valence-electron chi connectivity index (χ3n) is 7.18. The molecule has 0 aliphatic carbocycles. The first-order valence-electron chi connectivity index (χ1n) is 14.6.